The van der Waals surface area contributed by atoms with Crippen LogP contribution in [0.25, 0.3) is 10.9 Å². The third-order valence-electron chi connectivity index (χ3n) is 6.54. The van der Waals surface area contributed by atoms with Crippen LogP contribution in [0.2, 0.25) is 0 Å². The van der Waals surface area contributed by atoms with Gasteiger partial charge in [-0.3, -0.25) is 14.4 Å². The van der Waals surface area contributed by atoms with E-state index in [9.17, 15) is 23.6 Å². The molecule has 2 heterocycles. The fourth-order valence-electron chi connectivity index (χ4n) is 4.51. The van der Waals surface area contributed by atoms with Crippen LogP contribution in [-0.4, -0.2) is 58.7 Å². The third kappa shape index (κ3) is 7.16. The maximum absolute atomic E-state index is 13.9. The molecular formula is C29H32FN5O4. The number of carbonyl (C=O) groups excluding carboxylic acids is 4. The molecule has 9 nitrogen and oxygen atoms in total. The molecule has 0 spiro atoms. The zero-order valence-corrected chi connectivity index (χ0v) is 21.9. The molecule has 1 unspecified atom stereocenters. The number of benzene rings is 2. The number of nitrogens with zero attached hydrogens (tertiary/aromatic N) is 2. The lowest BCUT2D eigenvalue weighted by molar-refractivity contribution is -0.129. The summed E-state index contributed by atoms with van der Waals surface area (Å²) in [5, 5.41) is 8.94. The lowest BCUT2D eigenvalue weighted by Crippen LogP contribution is -2.53. The number of nitrogens with one attached hydrogen (secondary N) is 3. The number of hydrogen-bond acceptors (Lipinski definition) is 5. The molecule has 1 fully saturated rings. The average Bonchev–Trinajstić information content (AvgIpc) is 3.10. The van der Waals surface area contributed by atoms with Gasteiger partial charge in [0.25, 0.3) is 5.91 Å². The number of halogens is 1. The van der Waals surface area contributed by atoms with Crippen LogP contribution in [0.4, 0.5) is 14.9 Å². The van der Waals surface area contributed by atoms with Crippen LogP contribution in [0.3, 0.4) is 0 Å². The molecule has 204 valence electrons. The average molecular weight is 534 g/mol. The van der Waals surface area contributed by atoms with E-state index in [0.29, 0.717) is 24.8 Å². The minimum atomic E-state index is -0.873. The van der Waals surface area contributed by atoms with Gasteiger partial charge in [-0.1, -0.05) is 50.2 Å². The summed E-state index contributed by atoms with van der Waals surface area (Å²) in [6.45, 7) is 3.92. The molecule has 3 aromatic rings. The first kappa shape index (κ1) is 27.7. The first-order chi connectivity index (χ1) is 18.7. The fourth-order valence-corrected chi connectivity index (χ4v) is 4.51. The van der Waals surface area contributed by atoms with Crippen LogP contribution in [0, 0.1) is 11.7 Å². The summed E-state index contributed by atoms with van der Waals surface area (Å²) in [6, 6.07) is 14.3. The van der Waals surface area contributed by atoms with Gasteiger partial charge in [0.1, 0.15) is 17.6 Å². The standard InChI is InChI=1S/C29H32FN5O4/c1-18(2)16-25(33-27(37)24-14-13-19-8-3-5-10-21(19)31-24)28(38)32-23-12-7-15-35(17-26(23)36)29(39)34-22-11-6-4-9-20(22)30/h3-6,8-11,13-14,18,23,25H,7,12,15-17H2,1-2H3,(H,32,38)(H,33,37)(H,34,39)/t23-,25?/m0/s1. The molecule has 10 heteroatoms. The molecule has 1 aliphatic heterocycles. The Kier molecular flexibility index (Phi) is 8.85. The van der Waals surface area contributed by atoms with Gasteiger partial charge in [0, 0.05) is 11.9 Å². The second-order valence-electron chi connectivity index (χ2n) is 10.0. The number of hydrogen-bond donors (Lipinski definition) is 3. The van der Waals surface area contributed by atoms with E-state index in [-0.39, 0.29) is 36.2 Å². The number of anilines is 1. The van der Waals surface area contributed by atoms with Crippen LogP contribution in [0.5, 0.6) is 0 Å². The number of aromatic nitrogens is 1. The summed E-state index contributed by atoms with van der Waals surface area (Å²) < 4.78 is 13.9. The maximum Gasteiger partial charge on any atom is 0.322 e. The van der Waals surface area contributed by atoms with Crippen molar-refractivity contribution in [2.75, 3.05) is 18.4 Å². The number of amides is 4. The number of carbonyl (C=O) groups is 4. The van der Waals surface area contributed by atoms with E-state index in [1.807, 2.05) is 38.1 Å². The van der Waals surface area contributed by atoms with E-state index >= 15 is 0 Å². The minimum Gasteiger partial charge on any atom is -0.344 e. The predicted octanol–water partition coefficient (Wildman–Crippen LogP) is 3.90. The largest absolute Gasteiger partial charge is 0.344 e. The van der Waals surface area contributed by atoms with Crippen molar-refractivity contribution in [3.05, 3.63) is 72.2 Å². The minimum absolute atomic E-state index is 0.0252. The van der Waals surface area contributed by atoms with Crippen LogP contribution < -0.4 is 16.0 Å². The number of pyridine rings is 1. The van der Waals surface area contributed by atoms with Crippen molar-refractivity contribution in [2.24, 2.45) is 5.92 Å². The quantitative estimate of drug-likeness (QED) is 0.426. The predicted molar refractivity (Wildman–Crippen MR) is 146 cm³/mol. The molecule has 0 aliphatic carbocycles. The van der Waals surface area contributed by atoms with E-state index in [0.717, 1.165) is 5.39 Å². The number of rotatable bonds is 7. The smallest absolute Gasteiger partial charge is 0.322 e. The summed E-state index contributed by atoms with van der Waals surface area (Å²) in [5.74, 6) is -1.78. The number of para-hydroxylation sites is 2. The Labute approximate surface area is 226 Å². The van der Waals surface area contributed by atoms with Crippen molar-refractivity contribution in [3.8, 4) is 0 Å². The monoisotopic (exact) mass is 533 g/mol. The Morgan fingerprint density at radius 1 is 1.05 bits per heavy atom. The molecule has 2 atom stereocenters. The van der Waals surface area contributed by atoms with Crippen molar-refractivity contribution in [3.63, 3.8) is 0 Å². The van der Waals surface area contributed by atoms with Gasteiger partial charge in [-0.2, -0.15) is 0 Å². The second-order valence-corrected chi connectivity index (χ2v) is 10.0. The summed E-state index contributed by atoms with van der Waals surface area (Å²) in [7, 11) is 0. The van der Waals surface area contributed by atoms with Gasteiger partial charge < -0.3 is 20.9 Å². The Hall–Kier alpha value is -4.34. The highest BCUT2D eigenvalue weighted by atomic mass is 19.1. The number of likely N-dealkylation sites (tertiary alicyclic amines) is 1. The summed E-state index contributed by atoms with van der Waals surface area (Å²) in [4.78, 5) is 57.6. The number of Topliss-reactive ketones (excluding diaryl/α,β-unsaturated/α-hetero) is 1. The van der Waals surface area contributed by atoms with Crippen molar-refractivity contribution < 1.29 is 23.6 Å². The highest BCUT2D eigenvalue weighted by molar-refractivity contribution is 5.99. The molecular weight excluding hydrogens is 501 g/mol. The summed E-state index contributed by atoms with van der Waals surface area (Å²) in [5.41, 5.74) is 0.886. The first-order valence-electron chi connectivity index (χ1n) is 13.0. The molecule has 0 saturated carbocycles. The fraction of sp³-hybridized carbons (Fsp3) is 0.345. The third-order valence-corrected chi connectivity index (χ3v) is 6.54. The van der Waals surface area contributed by atoms with Crippen molar-refractivity contribution in [1.82, 2.24) is 20.5 Å². The van der Waals surface area contributed by atoms with Crippen molar-refractivity contribution >= 4 is 40.2 Å². The van der Waals surface area contributed by atoms with Gasteiger partial charge >= 0.3 is 6.03 Å². The lowest BCUT2D eigenvalue weighted by atomic mass is 10.0. The molecule has 1 aliphatic rings. The van der Waals surface area contributed by atoms with Gasteiger partial charge in [-0.25, -0.2) is 14.2 Å². The molecule has 1 saturated heterocycles. The molecule has 4 rings (SSSR count). The SMILES string of the molecule is CC(C)CC(NC(=O)c1ccc2ccccc2n1)C(=O)N[C@H]1CCCN(C(=O)Nc2ccccc2F)CC1=O. The molecule has 3 N–H and O–H groups in total. The topological polar surface area (TPSA) is 120 Å². The van der Waals surface area contributed by atoms with Gasteiger partial charge in [0.2, 0.25) is 5.91 Å². The Balaban J connectivity index is 1.39. The molecule has 39 heavy (non-hydrogen) atoms. The zero-order chi connectivity index (χ0) is 27.9. The van der Waals surface area contributed by atoms with E-state index < -0.39 is 35.7 Å². The lowest BCUT2D eigenvalue weighted by Gasteiger charge is -2.23. The molecule has 1 aromatic heterocycles. The van der Waals surface area contributed by atoms with Gasteiger partial charge in [-0.15, -0.1) is 0 Å². The van der Waals surface area contributed by atoms with E-state index in [1.165, 1.54) is 23.1 Å². The number of ketones is 1. The molecule has 4 amide bonds. The highest BCUT2D eigenvalue weighted by Gasteiger charge is 2.31. The Bertz CT molecular complexity index is 1380. The van der Waals surface area contributed by atoms with Gasteiger partial charge in [0.15, 0.2) is 5.78 Å². The normalized spacial score (nSPS) is 16.5. The van der Waals surface area contributed by atoms with Crippen LogP contribution in [0.15, 0.2) is 60.7 Å². The van der Waals surface area contributed by atoms with E-state index in [4.69, 9.17) is 0 Å². The highest BCUT2D eigenvalue weighted by Crippen LogP contribution is 2.16. The Morgan fingerprint density at radius 3 is 2.56 bits per heavy atom. The van der Waals surface area contributed by atoms with Crippen LogP contribution in [-0.2, 0) is 9.59 Å². The molecule has 2 aromatic carbocycles. The summed E-state index contributed by atoms with van der Waals surface area (Å²) in [6.07, 6.45) is 1.16. The van der Waals surface area contributed by atoms with Crippen LogP contribution in [0.1, 0.15) is 43.6 Å². The number of fused-ring (bicyclic) bond motifs is 1. The van der Waals surface area contributed by atoms with Crippen LogP contribution >= 0.6 is 0 Å². The molecule has 0 radical (unpaired) electrons. The molecule has 0 bridgehead atoms. The van der Waals surface area contributed by atoms with Crippen molar-refractivity contribution in [2.45, 2.75) is 45.2 Å². The van der Waals surface area contributed by atoms with Gasteiger partial charge in [0.05, 0.1) is 23.8 Å². The zero-order valence-electron chi connectivity index (χ0n) is 21.9. The van der Waals surface area contributed by atoms with Crippen molar-refractivity contribution in [1.29, 1.82) is 0 Å². The second kappa shape index (κ2) is 12.5. The number of urea groups is 1. The maximum atomic E-state index is 13.9. The Morgan fingerprint density at radius 2 is 1.79 bits per heavy atom. The van der Waals surface area contributed by atoms with E-state index in [1.54, 1.807) is 18.2 Å². The van der Waals surface area contributed by atoms with Gasteiger partial charge in [-0.05, 0) is 49.4 Å². The summed E-state index contributed by atoms with van der Waals surface area (Å²) >= 11 is 0. The van der Waals surface area contributed by atoms with E-state index in [2.05, 4.69) is 20.9 Å². The first-order valence-corrected chi connectivity index (χ1v) is 13.0.